The summed E-state index contributed by atoms with van der Waals surface area (Å²) >= 11 is 0. The van der Waals surface area contributed by atoms with Gasteiger partial charge in [0, 0.05) is 52.6 Å². The highest BCUT2D eigenvalue weighted by Gasteiger charge is 2.22. The summed E-state index contributed by atoms with van der Waals surface area (Å²) in [5.41, 5.74) is -0.140. The van der Waals surface area contributed by atoms with Crippen LogP contribution in [0, 0.1) is 20.8 Å². The summed E-state index contributed by atoms with van der Waals surface area (Å²) < 4.78 is 16.3. The fourth-order valence-corrected chi connectivity index (χ4v) is 6.63. The van der Waals surface area contributed by atoms with Crippen LogP contribution in [0.15, 0.2) is 119 Å². The summed E-state index contributed by atoms with van der Waals surface area (Å²) in [7, 11) is 0. The van der Waals surface area contributed by atoms with Gasteiger partial charge in [-0.2, -0.15) is 0 Å². The van der Waals surface area contributed by atoms with Crippen LogP contribution in [0.1, 0.15) is 16.7 Å². The fraction of sp³-hybridized carbons (Fsp3) is 0.0625. The van der Waals surface area contributed by atoms with E-state index < -0.39 is 45.0 Å². The maximum atomic E-state index is 12.2. The Bertz CT molecular complexity index is 3600. The van der Waals surface area contributed by atoms with Crippen molar-refractivity contribution >= 4 is 32.9 Å². The molecule has 0 saturated carbocycles. The number of benzene rings is 6. The van der Waals surface area contributed by atoms with Crippen LogP contribution in [0.25, 0.3) is 66.9 Å². The van der Waals surface area contributed by atoms with Gasteiger partial charge in [-0.05, 0) is 68.3 Å². The van der Waals surface area contributed by atoms with Crippen molar-refractivity contribution in [3.63, 3.8) is 0 Å². The van der Waals surface area contributed by atoms with E-state index in [9.17, 15) is 75.7 Å². The smallest absolute Gasteiger partial charge is 0.238 e. The molecule has 66 heavy (non-hydrogen) atoms. The topological polar surface area (TPSA) is 333 Å². The highest BCUT2D eigenvalue weighted by Crippen LogP contribution is 2.40. The van der Waals surface area contributed by atoms with E-state index in [2.05, 4.69) is 0 Å². The average molecular weight is 901 g/mol. The van der Waals surface area contributed by atoms with Gasteiger partial charge in [0.25, 0.3) is 0 Å². The number of phenols is 9. The molecular weight excluding hydrogens is 865 g/mol. The Morgan fingerprint density at radius 3 is 1.17 bits per heavy atom. The summed E-state index contributed by atoms with van der Waals surface area (Å²) in [4.78, 5) is 36.5. The summed E-state index contributed by atoms with van der Waals surface area (Å²) in [6.45, 7) is 4.92. The highest BCUT2D eigenvalue weighted by atomic mass is 16.4. The third-order valence-electron chi connectivity index (χ3n) is 10.3. The van der Waals surface area contributed by atoms with E-state index in [-0.39, 0.29) is 102 Å². The molecule has 0 aliphatic rings. The molecule has 6 aromatic carbocycles. The number of hydrogen-bond acceptors (Lipinski definition) is 18. The molecule has 9 aromatic rings. The number of fused-ring (bicyclic) bond motifs is 3. The lowest BCUT2D eigenvalue weighted by Gasteiger charge is -2.09. The van der Waals surface area contributed by atoms with Gasteiger partial charge in [-0.25, -0.2) is 0 Å². The number of aryl methyl sites for hydroxylation is 2. The molecule has 0 fully saturated rings. The Morgan fingerprint density at radius 2 is 0.727 bits per heavy atom. The predicted molar refractivity (Wildman–Crippen MR) is 238 cm³/mol. The maximum Gasteiger partial charge on any atom is 0.238 e. The van der Waals surface area contributed by atoms with E-state index in [1.54, 1.807) is 38.1 Å². The van der Waals surface area contributed by atoms with E-state index in [0.717, 1.165) is 24.3 Å². The van der Waals surface area contributed by atoms with Gasteiger partial charge >= 0.3 is 0 Å². The molecular formula is C48H36O18. The molecule has 12 N–H and O–H groups in total. The zero-order valence-electron chi connectivity index (χ0n) is 34.5. The molecule has 0 bridgehead atoms. The molecule has 0 aliphatic carbocycles. The van der Waals surface area contributed by atoms with E-state index in [0.29, 0.717) is 22.3 Å². The van der Waals surface area contributed by atoms with Crippen molar-refractivity contribution in [3.05, 3.63) is 138 Å². The number of aromatic hydroxyl groups is 12. The van der Waals surface area contributed by atoms with Crippen LogP contribution >= 0.6 is 0 Å². The Balaban J connectivity index is 0.000000147. The first-order valence-electron chi connectivity index (χ1n) is 19.2. The molecule has 3 heterocycles. The van der Waals surface area contributed by atoms with Gasteiger partial charge in [0.05, 0.1) is 5.39 Å². The highest BCUT2D eigenvalue weighted by molar-refractivity contribution is 5.90. The Labute approximate surface area is 368 Å². The molecule has 0 aliphatic heterocycles. The fourth-order valence-electron chi connectivity index (χ4n) is 6.63. The van der Waals surface area contributed by atoms with Gasteiger partial charge in [0.15, 0.2) is 17.3 Å². The first-order chi connectivity index (χ1) is 31.1. The van der Waals surface area contributed by atoms with Crippen molar-refractivity contribution < 1.29 is 74.5 Å². The average Bonchev–Trinajstić information content (AvgIpc) is 3.25. The number of phenolic OH excluding ortho intramolecular Hbond substituents is 9. The quantitative estimate of drug-likeness (QED) is 0.0805. The minimum Gasteiger partial charge on any atom is -0.508 e. The van der Waals surface area contributed by atoms with Crippen molar-refractivity contribution in [1.29, 1.82) is 0 Å². The summed E-state index contributed by atoms with van der Waals surface area (Å²) in [5.74, 6) is -4.68. The number of hydrogen-bond donors (Lipinski definition) is 12. The number of rotatable bonds is 3. The van der Waals surface area contributed by atoms with Crippen molar-refractivity contribution in [3.8, 4) is 103 Å². The molecule has 0 atom stereocenters. The Kier molecular flexibility index (Phi) is 11.5. The van der Waals surface area contributed by atoms with Crippen molar-refractivity contribution in [2.45, 2.75) is 20.8 Å². The minimum absolute atomic E-state index is 0.0154. The SMILES string of the molecule is Cc1c(O)cc(-c2oc3cc(O)cc(O)c3c(=O)c2O)cc1O.Cc1ccc(-c2oc3cc(O)cc(O)c3c(=O)c2O)cc1O.Cc1ccc(-c2oc3cc(O)ccc3c(=O)c2O)cc1O. The second-order valence-corrected chi connectivity index (χ2v) is 14.8. The lowest BCUT2D eigenvalue weighted by Crippen LogP contribution is -2.03. The second-order valence-electron chi connectivity index (χ2n) is 14.8. The van der Waals surface area contributed by atoms with Crippen LogP contribution in [0.3, 0.4) is 0 Å². The monoisotopic (exact) mass is 900 g/mol. The molecule has 0 saturated heterocycles. The lowest BCUT2D eigenvalue weighted by molar-refractivity contribution is 0.435. The standard InChI is InChI=1S/C16H12O7.C16H12O6.C16H12O5/c1-6-9(18)2-7(3-10(6)19)16-15(22)14(21)13-11(20)4-8(17)5-12(13)23-16;1-7-2-3-8(4-10(7)18)16-15(21)14(20)13-11(19)5-9(17)6-12(13)22-16;1-8-2-3-9(6-12(8)18)16-15(20)14(19)11-5-4-10(17)7-13(11)21-16/h2-5,17-20,22H,1H3;2-6,17-19,21H,1H3;2-7,17-18,20H,1H3. The summed E-state index contributed by atoms with van der Waals surface area (Å²) in [6.07, 6.45) is 0. The van der Waals surface area contributed by atoms with Crippen LogP contribution in [0.2, 0.25) is 0 Å². The third-order valence-corrected chi connectivity index (χ3v) is 10.3. The van der Waals surface area contributed by atoms with E-state index >= 15 is 0 Å². The Hall–Kier alpha value is -9.45. The first kappa shape index (κ1) is 44.6. The van der Waals surface area contributed by atoms with E-state index in [4.69, 9.17) is 13.3 Å². The van der Waals surface area contributed by atoms with Crippen LogP contribution in [-0.4, -0.2) is 61.3 Å². The van der Waals surface area contributed by atoms with E-state index in [1.807, 2.05) is 0 Å². The summed E-state index contributed by atoms with van der Waals surface area (Å²) in [6, 6.07) is 19.8. The van der Waals surface area contributed by atoms with Crippen LogP contribution in [0.4, 0.5) is 0 Å². The van der Waals surface area contributed by atoms with Gasteiger partial charge in [-0.1, -0.05) is 24.3 Å². The molecule has 0 amide bonds. The molecule has 9 rings (SSSR count). The van der Waals surface area contributed by atoms with Gasteiger partial charge in [0.2, 0.25) is 33.5 Å². The maximum absolute atomic E-state index is 12.2. The zero-order chi connectivity index (χ0) is 48.0. The van der Waals surface area contributed by atoms with Crippen molar-refractivity contribution in [1.82, 2.24) is 0 Å². The zero-order valence-corrected chi connectivity index (χ0v) is 34.5. The predicted octanol–water partition coefficient (Wildman–Crippen LogP) is 7.77. The van der Waals surface area contributed by atoms with Gasteiger partial charge in [-0.15, -0.1) is 0 Å². The lowest BCUT2D eigenvalue weighted by atomic mass is 10.1. The molecule has 0 unspecified atom stereocenters. The molecule has 3 aromatic heterocycles. The minimum atomic E-state index is -0.904. The van der Waals surface area contributed by atoms with Gasteiger partial charge in [0.1, 0.15) is 79.3 Å². The Morgan fingerprint density at radius 1 is 0.348 bits per heavy atom. The van der Waals surface area contributed by atoms with Crippen molar-refractivity contribution in [2.75, 3.05) is 0 Å². The molecule has 18 nitrogen and oxygen atoms in total. The molecule has 0 radical (unpaired) electrons. The third kappa shape index (κ3) is 8.27. The summed E-state index contributed by atoms with van der Waals surface area (Å²) in [5, 5.41) is 117. The van der Waals surface area contributed by atoms with Crippen LogP contribution in [-0.2, 0) is 0 Å². The van der Waals surface area contributed by atoms with E-state index in [1.165, 1.54) is 49.4 Å². The van der Waals surface area contributed by atoms with Gasteiger partial charge in [-0.3, -0.25) is 14.4 Å². The molecule has 18 heteroatoms. The van der Waals surface area contributed by atoms with Crippen molar-refractivity contribution in [2.24, 2.45) is 0 Å². The second kappa shape index (κ2) is 17.0. The first-order valence-corrected chi connectivity index (χ1v) is 19.2. The largest absolute Gasteiger partial charge is 0.508 e. The molecule has 0 spiro atoms. The molecule has 336 valence electrons. The van der Waals surface area contributed by atoms with Crippen LogP contribution < -0.4 is 16.3 Å². The normalized spacial score (nSPS) is 11.0. The van der Waals surface area contributed by atoms with Gasteiger partial charge < -0.3 is 74.5 Å². The van der Waals surface area contributed by atoms with Crippen LogP contribution in [0.5, 0.6) is 69.0 Å².